The van der Waals surface area contributed by atoms with E-state index >= 15 is 0 Å². The molecule has 4 aromatic rings. The molecule has 0 saturated carbocycles. The Labute approximate surface area is 184 Å². The lowest BCUT2D eigenvalue weighted by molar-refractivity contribution is -0.141. The lowest BCUT2D eigenvalue weighted by Crippen LogP contribution is -2.12. The zero-order valence-electron chi connectivity index (χ0n) is 16.3. The normalized spacial score (nSPS) is 12.1. The highest BCUT2D eigenvalue weighted by Gasteiger charge is 2.36. The number of hydrogen-bond acceptors (Lipinski definition) is 8. The molecule has 0 bridgehead atoms. The first kappa shape index (κ1) is 22.8. The van der Waals surface area contributed by atoms with Gasteiger partial charge in [-0.25, -0.2) is 29.7 Å². The molecule has 0 radical (unpaired) electrons. The van der Waals surface area contributed by atoms with E-state index in [1.165, 1.54) is 12.3 Å². The summed E-state index contributed by atoms with van der Waals surface area (Å²) in [6, 6.07) is 1.84. The number of nitrogens with zero attached hydrogens (tertiary/aromatic N) is 6. The van der Waals surface area contributed by atoms with Gasteiger partial charge in [-0.2, -0.15) is 26.3 Å². The van der Waals surface area contributed by atoms with E-state index in [1.54, 1.807) is 0 Å². The lowest BCUT2D eigenvalue weighted by atomic mass is 10.1. The fraction of sp³-hybridized carbons (Fsp3) is 0.105. The van der Waals surface area contributed by atoms with Gasteiger partial charge in [-0.05, 0) is 12.1 Å². The summed E-state index contributed by atoms with van der Waals surface area (Å²) in [7, 11) is 0. The molecule has 0 spiro atoms. The number of carboxylic acid groups (broad SMARTS) is 1. The van der Waals surface area contributed by atoms with Crippen LogP contribution in [0.2, 0.25) is 0 Å². The van der Waals surface area contributed by atoms with Gasteiger partial charge in [-0.1, -0.05) is 0 Å². The monoisotopic (exact) mass is 481 g/mol. The number of nitrogens with one attached hydrogen (secondary N) is 1. The molecule has 0 aliphatic rings. The molecule has 0 amide bonds. The molecule has 0 fully saturated rings. The van der Waals surface area contributed by atoms with Crippen molar-refractivity contribution in [2.75, 3.05) is 5.32 Å². The van der Waals surface area contributed by atoms with Gasteiger partial charge in [0.25, 0.3) is 0 Å². The van der Waals surface area contributed by atoms with E-state index in [-0.39, 0.29) is 28.4 Å². The Balaban J connectivity index is 1.73. The third-order valence-corrected chi connectivity index (χ3v) is 4.33. The minimum Gasteiger partial charge on any atom is -0.478 e. The standard InChI is InChI=1S/C19H9F6N7O2/c20-18(21,22)9-3-8(17(33)34)4-29-14(9)11-5-30-15-10(1-2-26-16(15)32-11)31-13-7-27-12(6-28-13)19(23,24)25/h1-7H,(H,33,34)(H,26,28,31,32). The lowest BCUT2D eigenvalue weighted by Gasteiger charge is -2.13. The van der Waals surface area contributed by atoms with E-state index in [4.69, 9.17) is 5.11 Å². The second kappa shape index (κ2) is 8.17. The number of fused-ring (bicyclic) bond motifs is 1. The van der Waals surface area contributed by atoms with Gasteiger partial charge in [0, 0.05) is 12.4 Å². The summed E-state index contributed by atoms with van der Waals surface area (Å²) in [6.07, 6.45) is -5.24. The number of halogens is 6. The predicted molar refractivity (Wildman–Crippen MR) is 103 cm³/mol. The second-order valence-corrected chi connectivity index (χ2v) is 6.62. The van der Waals surface area contributed by atoms with Crippen molar-refractivity contribution in [1.82, 2.24) is 29.9 Å². The molecule has 4 aromatic heterocycles. The molecule has 174 valence electrons. The summed E-state index contributed by atoms with van der Waals surface area (Å²) in [4.78, 5) is 33.6. The summed E-state index contributed by atoms with van der Waals surface area (Å²) in [5.41, 5.74) is -3.99. The van der Waals surface area contributed by atoms with Gasteiger partial charge in [-0.15, -0.1) is 0 Å². The Bertz CT molecular complexity index is 1390. The average molecular weight is 481 g/mol. The van der Waals surface area contributed by atoms with Gasteiger partial charge in [0.05, 0.1) is 35.4 Å². The highest BCUT2D eigenvalue weighted by Crippen LogP contribution is 2.36. The minimum atomic E-state index is -4.93. The van der Waals surface area contributed by atoms with Crippen LogP contribution in [-0.4, -0.2) is 41.0 Å². The van der Waals surface area contributed by atoms with Crippen molar-refractivity contribution >= 4 is 28.6 Å². The first-order chi connectivity index (χ1) is 15.9. The van der Waals surface area contributed by atoms with Gasteiger partial charge in [0.2, 0.25) is 0 Å². The number of pyridine rings is 2. The number of hydrogen-bond donors (Lipinski definition) is 2. The molecule has 9 nitrogen and oxygen atoms in total. The Morgan fingerprint density at radius 1 is 0.882 bits per heavy atom. The molecular weight excluding hydrogens is 472 g/mol. The Kier molecular flexibility index (Phi) is 5.46. The molecule has 34 heavy (non-hydrogen) atoms. The fourth-order valence-corrected chi connectivity index (χ4v) is 2.81. The van der Waals surface area contributed by atoms with Crippen LogP contribution in [0.5, 0.6) is 0 Å². The van der Waals surface area contributed by atoms with Crippen molar-refractivity contribution in [2.24, 2.45) is 0 Å². The molecule has 15 heteroatoms. The Morgan fingerprint density at radius 3 is 2.26 bits per heavy atom. The van der Waals surface area contributed by atoms with Crippen LogP contribution < -0.4 is 5.32 Å². The van der Waals surface area contributed by atoms with Crippen LogP contribution in [-0.2, 0) is 12.4 Å². The molecule has 0 saturated heterocycles. The number of carboxylic acids is 1. The molecular formula is C19H9F6N7O2. The Hall–Kier alpha value is -4.43. The van der Waals surface area contributed by atoms with E-state index in [0.29, 0.717) is 12.3 Å². The number of rotatable bonds is 4. The Morgan fingerprint density at radius 2 is 1.65 bits per heavy atom. The molecule has 0 aromatic carbocycles. The third kappa shape index (κ3) is 4.53. The zero-order valence-corrected chi connectivity index (χ0v) is 16.3. The van der Waals surface area contributed by atoms with Crippen LogP contribution in [0.3, 0.4) is 0 Å². The maximum atomic E-state index is 13.5. The maximum Gasteiger partial charge on any atom is 0.434 e. The molecule has 0 aliphatic carbocycles. The fourth-order valence-electron chi connectivity index (χ4n) is 2.81. The van der Waals surface area contributed by atoms with Crippen LogP contribution in [0.15, 0.2) is 43.1 Å². The summed E-state index contributed by atoms with van der Waals surface area (Å²) in [5, 5.41) is 11.7. The first-order valence-corrected chi connectivity index (χ1v) is 9.02. The van der Waals surface area contributed by atoms with E-state index in [9.17, 15) is 31.1 Å². The van der Waals surface area contributed by atoms with Gasteiger partial charge >= 0.3 is 18.3 Å². The summed E-state index contributed by atoms with van der Waals surface area (Å²) in [6.45, 7) is 0. The van der Waals surface area contributed by atoms with Crippen molar-refractivity contribution in [3.05, 3.63) is 59.9 Å². The van der Waals surface area contributed by atoms with E-state index in [1.807, 2.05) is 0 Å². The van der Waals surface area contributed by atoms with Gasteiger partial charge < -0.3 is 10.4 Å². The van der Waals surface area contributed by atoms with Crippen LogP contribution in [0.4, 0.5) is 37.8 Å². The number of aromatic nitrogens is 6. The van der Waals surface area contributed by atoms with Crippen molar-refractivity contribution in [3.63, 3.8) is 0 Å². The largest absolute Gasteiger partial charge is 0.478 e. The SMILES string of the molecule is O=C(O)c1cnc(-c2cnc3c(Nc4cnc(C(F)(F)F)cn4)ccnc3n2)c(C(F)(F)F)c1. The summed E-state index contributed by atoms with van der Waals surface area (Å²) >= 11 is 0. The number of anilines is 2. The third-order valence-electron chi connectivity index (χ3n) is 4.33. The van der Waals surface area contributed by atoms with Crippen LogP contribution in [0, 0.1) is 0 Å². The zero-order chi connectivity index (χ0) is 24.7. The molecule has 0 atom stereocenters. The number of carbonyl (C=O) groups is 1. The van der Waals surface area contributed by atoms with Gasteiger partial charge in [-0.3, -0.25) is 4.98 Å². The molecule has 2 N–H and O–H groups in total. The first-order valence-electron chi connectivity index (χ1n) is 9.02. The van der Waals surface area contributed by atoms with Crippen LogP contribution in [0.1, 0.15) is 21.6 Å². The minimum absolute atomic E-state index is 0.0586. The molecule has 0 unspecified atom stereocenters. The topological polar surface area (TPSA) is 127 Å². The van der Waals surface area contributed by atoms with Crippen LogP contribution >= 0.6 is 0 Å². The molecule has 0 aliphatic heterocycles. The summed E-state index contributed by atoms with van der Waals surface area (Å²) < 4.78 is 78.5. The predicted octanol–water partition coefficient (Wildman–Crippen LogP) is 4.36. The van der Waals surface area contributed by atoms with E-state index in [0.717, 1.165) is 18.6 Å². The van der Waals surface area contributed by atoms with Crippen molar-refractivity contribution < 1.29 is 36.2 Å². The van der Waals surface area contributed by atoms with E-state index < -0.39 is 40.8 Å². The van der Waals surface area contributed by atoms with Crippen molar-refractivity contribution in [2.45, 2.75) is 12.4 Å². The highest BCUT2D eigenvalue weighted by molar-refractivity contribution is 5.89. The van der Waals surface area contributed by atoms with Gasteiger partial charge in [0.1, 0.15) is 22.7 Å². The van der Waals surface area contributed by atoms with Crippen molar-refractivity contribution in [3.8, 4) is 11.4 Å². The number of aromatic carboxylic acids is 1. The van der Waals surface area contributed by atoms with Crippen LogP contribution in [0.25, 0.3) is 22.6 Å². The second-order valence-electron chi connectivity index (χ2n) is 6.62. The summed E-state index contributed by atoms with van der Waals surface area (Å²) in [5.74, 6) is -1.64. The quantitative estimate of drug-likeness (QED) is 0.409. The van der Waals surface area contributed by atoms with E-state index in [2.05, 4.69) is 35.2 Å². The van der Waals surface area contributed by atoms with Gasteiger partial charge in [0.15, 0.2) is 11.3 Å². The smallest absolute Gasteiger partial charge is 0.434 e. The number of alkyl halides is 6. The molecule has 4 rings (SSSR count). The maximum absolute atomic E-state index is 13.5. The molecule has 4 heterocycles. The highest BCUT2D eigenvalue weighted by atomic mass is 19.4. The average Bonchev–Trinajstić information content (AvgIpc) is 2.77. The van der Waals surface area contributed by atoms with Crippen molar-refractivity contribution in [1.29, 1.82) is 0 Å².